The Hall–Kier alpha value is -1.55. The summed E-state index contributed by atoms with van der Waals surface area (Å²) in [5.74, 6) is 0.327. The number of phenols is 1. The van der Waals surface area contributed by atoms with Crippen molar-refractivity contribution in [3.05, 3.63) is 23.8 Å². The van der Waals surface area contributed by atoms with E-state index in [1.54, 1.807) is 12.1 Å². The molecule has 4 nitrogen and oxygen atoms in total. The Morgan fingerprint density at radius 1 is 1.44 bits per heavy atom. The van der Waals surface area contributed by atoms with Gasteiger partial charge < -0.3 is 15.3 Å². The molecule has 0 radical (unpaired) electrons. The number of carbonyl (C=O) groups excluding carboxylic acids is 1. The predicted octanol–water partition coefficient (Wildman–Crippen LogP) is 0.643. The molecule has 84 valence electrons. The van der Waals surface area contributed by atoms with Gasteiger partial charge in [0.2, 0.25) is 5.91 Å². The van der Waals surface area contributed by atoms with Gasteiger partial charge >= 0.3 is 0 Å². The number of rotatable bonds is 0. The third kappa shape index (κ3) is 1.38. The van der Waals surface area contributed by atoms with E-state index in [0.717, 1.165) is 30.6 Å². The van der Waals surface area contributed by atoms with Gasteiger partial charge in [-0.2, -0.15) is 0 Å². The standard InChI is InChI=1S/C12H14N2O2/c15-10-4-2-8-1-3-9-6-13-7-12(16)14(9)11(8)5-10/h2,4-5,9,13,15H,1,3,6-7H2. The average molecular weight is 218 g/mol. The van der Waals surface area contributed by atoms with Gasteiger partial charge in [0.1, 0.15) is 5.75 Å². The molecule has 0 bridgehead atoms. The van der Waals surface area contributed by atoms with E-state index in [-0.39, 0.29) is 17.7 Å². The number of carbonyl (C=O) groups is 1. The summed E-state index contributed by atoms with van der Waals surface area (Å²) in [6.45, 7) is 1.24. The number of nitrogens with zero attached hydrogens (tertiary/aromatic N) is 1. The quantitative estimate of drug-likeness (QED) is 0.672. The van der Waals surface area contributed by atoms with Gasteiger partial charge in [0.15, 0.2) is 0 Å². The Morgan fingerprint density at radius 3 is 3.19 bits per heavy atom. The Balaban J connectivity index is 2.08. The number of aryl methyl sites for hydroxylation is 1. The van der Waals surface area contributed by atoms with Crippen LogP contribution in [-0.2, 0) is 11.2 Å². The van der Waals surface area contributed by atoms with Gasteiger partial charge in [0.05, 0.1) is 12.2 Å². The second-order valence-electron chi connectivity index (χ2n) is 4.40. The zero-order valence-corrected chi connectivity index (χ0v) is 8.94. The molecule has 2 aliphatic rings. The first kappa shape index (κ1) is 9.66. The largest absolute Gasteiger partial charge is 0.508 e. The fraction of sp³-hybridized carbons (Fsp3) is 0.417. The molecule has 1 saturated heterocycles. The van der Waals surface area contributed by atoms with Crippen LogP contribution in [-0.4, -0.2) is 30.1 Å². The van der Waals surface area contributed by atoms with Crippen molar-refractivity contribution in [3.63, 3.8) is 0 Å². The molecule has 0 aromatic heterocycles. The van der Waals surface area contributed by atoms with E-state index in [2.05, 4.69) is 5.32 Å². The molecule has 0 spiro atoms. The van der Waals surface area contributed by atoms with Crippen LogP contribution in [0.25, 0.3) is 0 Å². The van der Waals surface area contributed by atoms with E-state index in [9.17, 15) is 9.90 Å². The third-order valence-electron chi connectivity index (χ3n) is 3.37. The van der Waals surface area contributed by atoms with Crippen LogP contribution in [0.5, 0.6) is 5.75 Å². The number of hydrogen-bond donors (Lipinski definition) is 2. The lowest BCUT2D eigenvalue weighted by molar-refractivity contribution is -0.119. The molecule has 1 amide bonds. The highest BCUT2D eigenvalue weighted by Crippen LogP contribution is 2.34. The minimum Gasteiger partial charge on any atom is -0.508 e. The van der Waals surface area contributed by atoms with Crippen LogP contribution < -0.4 is 10.2 Å². The Morgan fingerprint density at radius 2 is 2.31 bits per heavy atom. The summed E-state index contributed by atoms with van der Waals surface area (Å²) in [6, 6.07) is 5.54. The first-order valence-corrected chi connectivity index (χ1v) is 5.60. The van der Waals surface area contributed by atoms with Gasteiger partial charge in [-0.3, -0.25) is 4.79 Å². The van der Waals surface area contributed by atoms with Crippen LogP contribution in [0.4, 0.5) is 5.69 Å². The molecule has 1 fully saturated rings. The van der Waals surface area contributed by atoms with Gasteiger partial charge in [-0.1, -0.05) is 6.07 Å². The fourth-order valence-electron chi connectivity index (χ4n) is 2.60. The number of aromatic hydroxyl groups is 1. The second-order valence-corrected chi connectivity index (χ2v) is 4.40. The van der Waals surface area contributed by atoms with Crippen molar-refractivity contribution in [2.24, 2.45) is 0 Å². The monoisotopic (exact) mass is 218 g/mol. The van der Waals surface area contributed by atoms with E-state index in [0.29, 0.717) is 6.54 Å². The zero-order chi connectivity index (χ0) is 11.1. The maximum absolute atomic E-state index is 11.9. The third-order valence-corrected chi connectivity index (χ3v) is 3.37. The maximum Gasteiger partial charge on any atom is 0.241 e. The van der Waals surface area contributed by atoms with Crippen molar-refractivity contribution >= 4 is 11.6 Å². The van der Waals surface area contributed by atoms with Gasteiger partial charge in [0.25, 0.3) is 0 Å². The van der Waals surface area contributed by atoms with Crippen molar-refractivity contribution in [3.8, 4) is 5.75 Å². The number of phenolic OH excluding ortho intramolecular Hbond substituents is 1. The average Bonchev–Trinajstić information content (AvgIpc) is 2.28. The number of anilines is 1. The normalized spacial score (nSPS) is 23.9. The van der Waals surface area contributed by atoms with E-state index in [1.165, 1.54) is 0 Å². The molecule has 2 heterocycles. The number of amides is 1. The summed E-state index contributed by atoms with van der Waals surface area (Å²) in [4.78, 5) is 13.7. The summed E-state index contributed by atoms with van der Waals surface area (Å²) in [5, 5.41) is 12.6. The van der Waals surface area contributed by atoms with Crippen molar-refractivity contribution < 1.29 is 9.90 Å². The summed E-state index contributed by atoms with van der Waals surface area (Å²) in [5.41, 5.74) is 2.05. The molecular formula is C12H14N2O2. The summed E-state index contributed by atoms with van der Waals surface area (Å²) in [7, 11) is 0. The molecule has 4 heteroatoms. The molecule has 2 N–H and O–H groups in total. The number of benzene rings is 1. The Labute approximate surface area is 93.9 Å². The van der Waals surface area contributed by atoms with Gasteiger partial charge in [-0.05, 0) is 24.5 Å². The van der Waals surface area contributed by atoms with Crippen LogP contribution in [0.1, 0.15) is 12.0 Å². The van der Waals surface area contributed by atoms with Gasteiger partial charge in [0, 0.05) is 18.7 Å². The van der Waals surface area contributed by atoms with E-state index in [1.807, 2.05) is 11.0 Å². The zero-order valence-electron chi connectivity index (χ0n) is 8.94. The molecule has 16 heavy (non-hydrogen) atoms. The highest BCUT2D eigenvalue weighted by atomic mass is 16.3. The minimum atomic E-state index is 0.0998. The molecule has 0 aliphatic carbocycles. The molecule has 2 aliphatic heterocycles. The lowest BCUT2D eigenvalue weighted by Crippen LogP contribution is -2.56. The molecule has 1 unspecified atom stereocenters. The van der Waals surface area contributed by atoms with Crippen molar-refractivity contribution in [2.45, 2.75) is 18.9 Å². The van der Waals surface area contributed by atoms with Crippen molar-refractivity contribution in [2.75, 3.05) is 18.0 Å². The summed E-state index contributed by atoms with van der Waals surface area (Å²) < 4.78 is 0. The van der Waals surface area contributed by atoms with Crippen LogP contribution in [0.15, 0.2) is 18.2 Å². The van der Waals surface area contributed by atoms with Crippen LogP contribution in [0, 0.1) is 0 Å². The smallest absolute Gasteiger partial charge is 0.241 e. The fourth-order valence-corrected chi connectivity index (χ4v) is 2.60. The first-order valence-electron chi connectivity index (χ1n) is 5.60. The first-order chi connectivity index (χ1) is 7.75. The van der Waals surface area contributed by atoms with Crippen LogP contribution in [0.2, 0.25) is 0 Å². The van der Waals surface area contributed by atoms with E-state index >= 15 is 0 Å². The summed E-state index contributed by atoms with van der Waals surface area (Å²) in [6.07, 6.45) is 1.97. The SMILES string of the molecule is O=C1CNCC2CCc3ccc(O)cc3N12. The lowest BCUT2D eigenvalue weighted by Gasteiger charge is -2.40. The highest BCUT2D eigenvalue weighted by Gasteiger charge is 2.33. The Bertz CT molecular complexity index is 445. The number of nitrogens with one attached hydrogen (secondary N) is 1. The van der Waals surface area contributed by atoms with Crippen molar-refractivity contribution in [1.82, 2.24) is 5.32 Å². The number of piperazine rings is 1. The minimum absolute atomic E-state index is 0.0998. The van der Waals surface area contributed by atoms with E-state index < -0.39 is 0 Å². The lowest BCUT2D eigenvalue weighted by atomic mass is 9.94. The molecule has 1 aromatic rings. The second kappa shape index (κ2) is 3.49. The Kier molecular flexibility index (Phi) is 2.11. The molecule has 3 rings (SSSR count). The van der Waals surface area contributed by atoms with Gasteiger partial charge in [-0.25, -0.2) is 0 Å². The van der Waals surface area contributed by atoms with Crippen molar-refractivity contribution in [1.29, 1.82) is 0 Å². The molecule has 1 atom stereocenters. The summed E-state index contributed by atoms with van der Waals surface area (Å²) >= 11 is 0. The molecule has 1 aromatic carbocycles. The molecule has 0 saturated carbocycles. The molecular weight excluding hydrogens is 204 g/mol. The number of fused-ring (bicyclic) bond motifs is 3. The number of hydrogen-bond acceptors (Lipinski definition) is 3. The van der Waals surface area contributed by atoms with Crippen LogP contribution >= 0.6 is 0 Å². The highest BCUT2D eigenvalue weighted by molar-refractivity contribution is 5.97. The maximum atomic E-state index is 11.9. The van der Waals surface area contributed by atoms with Gasteiger partial charge in [-0.15, -0.1) is 0 Å². The van der Waals surface area contributed by atoms with E-state index in [4.69, 9.17) is 0 Å². The predicted molar refractivity (Wildman–Crippen MR) is 60.6 cm³/mol. The van der Waals surface area contributed by atoms with Crippen LogP contribution in [0.3, 0.4) is 0 Å². The topological polar surface area (TPSA) is 52.6 Å².